The second-order valence-electron chi connectivity index (χ2n) is 8.92. The van der Waals surface area contributed by atoms with Crippen LogP contribution >= 0.6 is 11.6 Å². The van der Waals surface area contributed by atoms with Crippen LogP contribution in [0.3, 0.4) is 0 Å². The summed E-state index contributed by atoms with van der Waals surface area (Å²) in [5.74, 6) is -2.52. The average molecular weight is 555 g/mol. The van der Waals surface area contributed by atoms with Crippen LogP contribution in [0.1, 0.15) is 29.5 Å². The predicted molar refractivity (Wildman–Crippen MR) is 123 cm³/mol. The van der Waals surface area contributed by atoms with Gasteiger partial charge in [0.2, 0.25) is 17.4 Å². The van der Waals surface area contributed by atoms with Gasteiger partial charge >= 0.3 is 18.2 Å². The highest BCUT2D eigenvalue weighted by atomic mass is 35.5. The van der Waals surface area contributed by atoms with E-state index >= 15 is 0 Å². The first-order chi connectivity index (χ1) is 17.9. The van der Waals surface area contributed by atoms with Crippen molar-refractivity contribution in [3.63, 3.8) is 0 Å². The van der Waals surface area contributed by atoms with Gasteiger partial charge in [0, 0.05) is 11.9 Å². The number of benzene rings is 2. The number of aryl methyl sites for hydroxylation is 2. The SMILES string of the molecule is Cc1nc(-c2c(F)cc(Cl)cc2-c2ccc3c(c2)CC[C@@H]3NC(=O)OC2(NC(=O)C(F)(F)F)COC2)no1. The number of carbonyl (C=O) groups is 2. The van der Waals surface area contributed by atoms with E-state index < -0.39 is 49.0 Å². The molecule has 1 atom stereocenters. The van der Waals surface area contributed by atoms with Gasteiger partial charge in [0.1, 0.15) is 19.0 Å². The topological polar surface area (TPSA) is 116 Å². The fourth-order valence-corrected chi connectivity index (χ4v) is 4.64. The first kappa shape index (κ1) is 25.9. The number of carbonyl (C=O) groups excluding carboxylic acids is 2. The number of fused-ring (bicyclic) bond motifs is 1. The Balaban J connectivity index is 1.34. The highest BCUT2D eigenvalue weighted by Crippen LogP contribution is 2.39. The zero-order valence-corrected chi connectivity index (χ0v) is 20.4. The zero-order chi connectivity index (χ0) is 27.2. The molecule has 200 valence electrons. The molecule has 0 unspecified atom stereocenters. The number of nitrogens with one attached hydrogen (secondary N) is 2. The second kappa shape index (κ2) is 9.55. The van der Waals surface area contributed by atoms with Crippen LogP contribution < -0.4 is 10.6 Å². The van der Waals surface area contributed by atoms with Crippen molar-refractivity contribution in [3.05, 3.63) is 58.2 Å². The van der Waals surface area contributed by atoms with Gasteiger partial charge in [0.15, 0.2) is 0 Å². The minimum Gasteiger partial charge on any atom is -0.418 e. The minimum atomic E-state index is -5.14. The molecule has 9 nitrogen and oxygen atoms in total. The molecule has 1 saturated heterocycles. The minimum absolute atomic E-state index is 0.0703. The Labute approximate surface area is 217 Å². The first-order valence-corrected chi connectivity index (χ1v) is 11.7. The summed E-state index contributed by atoms with van der Waals surface area (Å²) in [5, 5.41) is 8.30. The predicted octanol–water partition coefficient (Wildman–Crippen LogP) is 4.62. The van der Waals surface area contributed by atoms with E-state index in [1.807, 2.05) is 6.07 Å². The number of alkyl halides is 3. The molecule has 0 radical (unpaired) electrons. The lowest BCUT2D eigenvalue weighted by Gasteiger charge is -2.40. The summed E-state index contributed by atoms with van der Waals surface area (Å²) in [6.45, 7) is 0.762. The van der Waals surface area contributed by atoms with Gasteiger partial charge in [-0.3, -0.25) is 4.79 Å². The monoisotopic (exact) mass is 554 g/mol. The van der Waals surface area contributed by atoms with Crippen LogP contribution in [-0.4, -0.2) is 47.3 Å². The summed E-state index contributed by atoms with van der Waals surface area (Å²) in [4.78, 5) is 28.0. The Kier molecular flexibility index (Phi) is 6.51. The van der Waals surface area contributed by atoms with Crippen molar-refractivity contribution in [1.29, 1.82) is 0 Å². The number of hydrogen-bond acceptors (Lipinski definition) is 7. The largest absolute Gasteiger partial charge is 0.471 e. The number of halogens is 5. The smallest absolute Gasteiger partial charge is 0.418 e. The lowest BCUT2D eigenvalue weighted by atomic mass is 9.95. The molecular formula is C24H19ClF4N4O5. The molecule has 2 aliphatic rings. The number of ether oxygens (including phenoxy) is 2. The molecule has 38 heavy (non-hydrogen) atoms. The van der Waals surface area contributed by atoms with E-state index in [1.54, 1.807) is 30.4 Å². The van der Waals surface area contributed by atoms with E-state index in [9.17, 15) is 27.2 Å². The molecule has 0 bridgehead atoms. The maximum absolute atomic E-state index is 14.9. The molecule has 14 heteroatoms. The summed E-state index contributed by atoms with van der Waals surface area (Å²) < 4.78 is 67.8. The van der Waals surface area contributed by atoms with Gasteiger partial charge in [0.25, 0.3) is 0 Å². The third-order valence-corrected chi connectivity index (χ3v) is 6.41. The van der Waals surface area contributed by atoms with E-state index in [2.05, 4.69) is 15.5 Å². The Morgan fingerprint density at radius 3 is 2.61 bits per heavy atom. The molecule has 2 N–H and O–H groups in total. The van der Waals surface area contributed by atoms with E-state index in [-0.39, 0.29) is 22.3 Å². The Hall–Kier alpha value is -3.71. The van der Waals surface area contributed by atoms with Gasteiger partial charge in [-0.05, 0) is 47.2 Å². The van der Waals surface area contributed by atoms with Crippen molar-refractivity contribution in [2.24, 2.45) is 0 Å². The average Bonchev–Trinajstić information content (AvgIpc) is 3.42. The van der Waals surface area contributed by atoms with E-state index in [1.165, 1.54) is 0 Å². The molecule has 2 aromatic carbocycles. The first-order valence-electron chi connectivity index (χ1n) is 11.3. The molecule has 1 aromatic heterocycles. The van der Waals surface area contributed by atoms with Crippen molar-refractivity contribution in [2.45, 2.75) is 37.7 Å². The molecule has 5 rings (SSSR count). The number of aromatic nitrogens is 2. The fraction of sp³-hybridized carbons (Fsp3) is 0.333. The van der Waals surface area contributed by atoms with Gasteiger partial charge in [-0.15, -0.1) is 0 Å². The van der Waals surface area contributed by atoms with Crippen molar-refractivity contribution in [2.75, 3.05) is 13.2 Å². The maximum Gasteiger partial charge on any atom is 0.471 e. The normalized spacial score (nSPS) is 17.9. The van der Waals surface area contributed by atoms with Crippen LogP contribution in [0.5, 0.6) is 0 Å². The lowest BCUT2D eigenvalue weighted by molar-refractivity contribution is -0.215. The van der Waals surface area contributed by atoms with Crippen LogP contribution in [-0.2, 0) is 20.7 Å². The van der Waals surface area contributed by atoms with Crippen LogP contribution in [0.15, 0.2) is 34.9 Å². The number of rotatable bonds is 5. The molecule has 1 aliphatic carbocycles. The number of nitrogens with zero attached hydrogens (tertiary/aromatic N) is 2. The summed E-state index contributed by atoms with van der Waals surface area (Å²) in [6.07, 6.45) is -5.12. The lowest BCUT2D eigenvalue weighted by Crippen LogP contribution is -2.67. The van der Waals surface area contributed by atoms with Crippen molar-refractivity contribution in [1.82, 2.24) is 20.8 Å². The highest BCUT2D eigenvalue weighted by Gasteiger charge is 2.50. The van der Waals surface area contributed by atoms with E-state index in [0.717, 1.165) is 17.2 Å². The summed E-state index contributed by atoms with van der Waals surface area (Å²) in [7, 11) is 0. The summed E-state index contributed by atoms with van der Waals surface area (Å²) >= 11 is 6.13. The standard InChI is InChI=1S/C24H19ClF4N4O5/c1-11-30-20(33-38-11)19-16(7-14(25)8-17(19)26)13-2-4-15-12(6-13)3-5-18(15)31-22(35)37-23(9-36-10-23)32-21(34)24(27,28)29/h2,4,6-8,18H,3,5,9-10H2,1H3,(H,31,35)(H,32,34)/t18-/m0/s1. The van der Waals surface area contributed by atoms with Crippen LogP contribution in [0.2, 0.25) is 5.02 Å². The van der Waals surface area contributed by atoms with Gasteiger partial charge in [0.05, 0.1) is 11.6 Å². The van der Waals surface area contributed by atoms with Crippen LogP contribution in [0.4, 0.5) is 22.4 Å². The number of alkyl carbamates (subject to hydrolysis) is 1. The summed E-state index contributed by atoms with van der Waals surface area (Å²) in [6, 6.07) is 7.54. The molecule has 1 fully saturated rings. The van der Waals surface area contributed by atoms with Gasteiger partial charge in [-0.1, -0.05) is 35.0 Å². The quantitative estimate of drug-likeness (QED) is 0.349. The third kappa shape index (κ3) is 5.03. The Morgan fingerprint density at radius 2 is 1.97 bits per heavy atom. The maximum atomic E-state index is 14.9. The fourth-order valence-electron chi connectivity index (χ4n) is 4.44. The van der Waals surface area contributed by atoms with Gasteiger partial charge < -0.3 is 24.6 Å². The second-order valence-corrected chi connectivity index (χ2v) is 9.36. The highest BCUT2D eigenvalue weighted by molar-refractivity contribution is 6.31. The van der Waals surface area contributed by atoms with Gasteiger partial charge in [-0.25, -0.2) is 9.18 Å². The van der Waals surface area contributed by atoms with E-state index in [4.69, 9.17) is 25.6 Å². The molecule has 3 aromatic rings. The van der Waals surface area contributed by atoms with Crippen molar-refractivity contribution >= 4 is 23.6 Å². The summed E-state index contributed by atoms with van der Waals surface area (Å²) in [5.41, 5.74) is 0.908. The zero-order valence-electron chi connectivity index (χ0n) is 19.6. The molecule has 0 saturated carbocycles. The molecule has 1 aliphatic heterocycles. The number of amides is 2. The van der Waals surface area contributed by atoms with Crippen LogP contribution in [0, 0.1) is 12.7 Å². The van der Waals surface area contributed by atoms with Gasteiger partial charge in [-0.2, -0.15) is 18.2 Å². The molecule has 2 amide bonds. The molecule has 0 spiro atoms. The third-order valence-electron chi connectivity index (χ3n) is 6.19. The van der Waals surface area contributed by atoms with E-state index in [0.29, 0.717) is 24.0 Å². The molecule has 2 heterocycles. The number of hydrogen-bond donors (Lipinski definition) is 2. The van der Waals surface area contributed by atoms with Crippen molar-refractivity contribution < 1.29 is 41.1 Å². The Bertz CT molecular complexity index is 1420. The Morgan fingerprint density at radius 1 is 1.21 bits per heavy atom. The van der Waals surface area contributed by atoms with Crippen molar-refractivity contribution in [3.8, 4) is 22.5 Å². The van der Waals surface area contributed by atoms with Crippen LogP contribution in [0.25, 0.3) is 22.5 Å². The molecular weight excluding hydrogens is 536 g/mol.